The number of nitrogens with zero attached hydrogens (tertiary/aromatic N) is 1. The van der Waals surface area contributed by atoms with E-state index >= 15 is 0 Å². The molecule has 1 aromatic carbocycles. The molecule has 5 nitrogen and oxygen atoms in total. The zero-order valence-electron chi connectivity index (χ0n) is 13.4. The monoisotopic (exact) mass is 390 g/mol. The normalized spacial score (nSPS) is 18.4. The van der Waals surface area contributed by atoms with Gasteiger partial charge in [-0.15, -0.1) is 0 Å². The lowest BCUT2D eigenvalue weighted by Gasteiger charge is -2.25. The van der Waals surface area contributed by atoms with Crippen LogP contribution in [0.5, 0.6) is 0 Å². The molecule has 1 saturated heterocycles. The Morgan fingerprint density at radius 3 is 2.79 bits per heavy atom. The van der Waals surface area contributed by atoms with Gasteiger partial charge >= 0.3 is 0 Å². The van der Waals surface area contributed by atoms with Crippen LogP contribution in [-0.2, 0) is 4.79 Å². The first-order valence-corrected chi connectivity index (χ1v) is 8.76. The summed E-state index contributed by atoms with van der Waals surface area (Å²) in [6, 6.07) is 10.5. The molecule has 3 rings (SSSR count). The van der Waals surface area contributed by atoms with Crippen LogP contribution >= 0.6 is 15.9 Å². The lowest BCUT2D eigenvalue weighted by molar-refractivity contribution is -0.125. The average molecular weight is 391 g/mol. The van der Waals surface area contributed by atoms with Crippen molar-refractivity contribution in [2.45, 2.75) is 31.8 Å². The maximum absolute atomic E-state index is 12.7. The third kappa shape index (κ3) is 3.38. The van der Waals surface area contributed by atoms with Gasteiger partial charge in [0.15, 0.2) is 5.76 Å². The first-order valence-electron chi connectivity index (χ1n) is 7.97. The van der Waals surface area contributed by atoms with Crippen molar-refractivity contribution >= 4 is 27.7 Å². The van der Waals surface area contributed by atoms with Crippen LogP contribution < -0.4 is 5.32 Å². The highest BCUT2D eigenvalue weighted by atomic mass is 79.9. The van der Waals surface area contributed by atoms with E-state index < -0.39 is 6.04 Å². The molecule has 2 aromatic rings. The van der Waals surface area contributed by atoms with Gasteiger partial charge in [0, 0.05) is 11.0 Å². The number of halogens is 1. The molecule has 0 aliphatic carbocycles. The first kappa shape index (κ1) is 16.8. The van der Waals surface area contributed by atoms with E-state index in [2.05, 4.69) is 21.2 Å². The van der Waals surface area contributed by atoms with Crippen LogP contribution in [0, 0.1) is 0 Å². The third-order valence-corrected chi connectivity index (χ3v) is 5.00. The van der Waals surface area contributed by atoms with Gasteiger partial charge in [-0.3, -0.25) is 9.59 Å². The summed E-state index contributed by atoms with van der Waals surface area (Å²) >= 11 is 3.50. The number of carbonyl (C=O) groups is 2. The van der Waals surface area contributed by atoms with Crippen LogP contribution in [0.4, 0.5) is 0 Å². The molecule has 2 amide bonds. The van der Waals surface area contributed by atoms with Gasteiger partial charge in [0.2, 0.25) is 5.91 Å². The van der Waals surface area contributed by atoms with Crippen LogP contribution in [0.25, 0.3) is 0 Å². The van der Waals surface area contributed by atoms with E-state index in [1.807, 2.05) is 31.2 Å². The van der Waals surface area contributed by atoms with Crippen molar-refractivity contribution in [1.82, 2.24) is 10.2 Å². The summed E-state index contributed by atoms with van der Waals surface area (Å²) in [5.74, 6) is -0.0876. The maximum atomic E-state index is 12.7. The predicted octanol–water partition coefficient (Wildman–Crippen LogP) is 3.52. The van der Waals surface area contributed by atoms with E-state index in [1.165, 1.54) is 6.26 Å². The standard InChI is InChI=1S/C18H19BrN2O3/c1-12(13-6-2-3-7-14(13)19)20-17(22)15-8-4-10-21(15)18(23)16-9-5-11-24-16/h2-3,5-7,9,11-12,15H,4,8,10H2,1H3,(H,20,22). The van der Waals surface area contributed by atoms with Crippen LogP contribution in [0.1, 0.15) is 41.9 Å². The minimum atomic E-state index is -0.451. The Bertz CT molecular complexity index is 730. The highest BCUT2D eigenvalue weighted by Crippen LogP contribution is 2.25. The van der Waals surface area contributed by atoms with Crippen LogP contribution in [-0.4, -0.2) is 29.3 Å². The Morgan fingerprint density at radius 2 is 2.08 bits per heavy atom. The summed E-state index contributed by atoms with van der Waals surface area (Å²) in [6.07, 6.45) is 2.95. The summed E-state index contributed by atoms with van der Waals surface area (Å²) < 4.78 is 6.12. The smallest absolute Gasteiger partial charge is 0.290 e. The molecule has 0 saturated carbocycles. The lowest BCUT2D eigenvalue weighted by Crippen LogP contribution is -2.46. The fourth-order valence-corrected chi connectivity index (χ4v) is 3.67. The van der Waals surface area contributed by atoms with E-state index in [1.54, 1.807) is 17.0 Å². The Hall–Kier alpha value is -2.08. The topological polar surface area (TPSA) is 62.6 Å². The zero-order valence-corrected chi connectivity index (χ0v) is 15.0. The summed E-state index contributed by atoms with van der Waals surface area (Å²) in [5, 5.41) is 3.02. The number of benzene rings is 1. The molecule has 24 heavy (non-hydrogen) atoms. The van der Waals surface area contributed by atoms with Gasteiger partial charge in [-0.2, -0.15) is 0 Å². The molecule has 2 atom stereocenters. The van der Waals surface area contributed by atoms with E-state index in [4.69, 9.17) is 4.42 Å². The lowest BCUT2D eigenvalue weighted by atomic mass is 10.1. The minimum Gasteiger partial charge on any atom is -0.459 e. The second-order valence-electron chi connectivity index (χ2n) is 5.89. The van der Waals surface area contributed by atoms with E-state index in [9.17, 15) is 9.59 Å². The molecule has 2 heterocycles. The molecule has 1 fully saturated rings. The summed E-state index contributed by atoms with van der Waals surface area (Å²) in [6.45, 7) is 2.51. The minimum absolute atomic E-state index is 0.129. The van der Waals surface area contributed by atoms with Crippen LogP contribution in [0.3, 0.4) is 0 Å². The van der Waals surface area contributed by atoms with Crippen molar-refractivity contribution < 1.29 is 14.0 Å². The molecular formula is C18H19BrN2O3. The van der Waals surface area contributed by atoms with Crippen molar-refractivity contribution in [3.8, 4) is 0 Å². The Morgan fingerprint density at radius 1 is 1.29 bits per heavy atom. The summed E-state index contributed by atoms with van der Waals surface area (Å²) in [4.78, 5) is 26.7. The first-order chi connectivity index (χ1) is 11.6. The second kappa shape index (κ2) is 7.21. The van der Waals surface area contributed by atoms with Crippen molar-refractivity contribution in [3.05, 3.63) is 58.5 Å². The molecule has 126 valence electrons. The fraction of sp³-hybridized carbons (Fsp3) is 0.333. The number of furan rings is 1. The number of hydrogen-bond acceptors (Lipinski definition) is 3. The summed E-state index contributed by atoms with van der Waals surface area (Å²) in [7, 11) is 0. The molecule has 0 spiro atoms. The highest BCUT2D eigenvalue weighted by Gasteiger charge is 2.36. The SMILES string of the molecule is CC(NC(=O)C1CCCN1C(=O)c1ccco1)c1ccccc1Br. The Labute approximate surface area is 149 Å². The molecule has 6 heteroatoms. The molecular weight excluding hydrogens is 372 g/mol. The average Bonchev–Trinajstić information content (AvgIpc) is 3.26. The van der Waals surface area contributed by atoms with E-state index in [0.29, 0.717) is 13.0 Å². The van der Waals surface area contributed by atoms with Crippen molar-refractivity contribution in [3.63, 3.8) is 0 Å². The number of hydrogen-bond donors (Lipinski definition) is 1. The van der Waals surface area contributed by atoms with E-state index in [0.717, 1.165) is 16.5 Å². The number of likely N-dealkylation sites (tertiary alicyclic amines) is 1. The number of amides is 2. The quantitative estimate of drug-likeness (QED) is 0.868. The van der Waals surface area contributed by atoms with Crippen molar-refractivity contribution in [1.29, 1.82) is 0 Å². The number of carbonyl (C=O) groups excluding carboxylic acids is 2. The van der Waals surface area contributed by atoms with Gasteiger partial charge in [-0.25, -0.2) is 0 Å². The Kier molecular flexibility index (Phi) is 5.04. The largest absolute Gasteiger partial charge is 0.459 e. The van der Waals surface area contributed by atoms with Gasteiger partial charge in [-0.05, 0) is 43.5 Å². The molecule has 1 N–H and O–H groups in total. The van der Waals surface area contributed by atoms with Crippen molar-refractivity contribution in [2.75, 3.05) is 6.54 Å². The number of rotatable bonds is 4. The van der Waals surface area contributed by atoms with Gasteiger partial charge in [0.05, 0.1) is 12.3 Å². The third-order valence-electron chi connectivity index (χ3n) is 4.28. The van der Waals surface area contributed by atoms with E-state index in [-0.39, 0.29) is 23.6 Å². The summed E-state index contributed by atoms with van der Waals surface area (Å²) in [5.41, 5.74) is 1.01. The highest BCUT2D eigenvalue weighted by molar-refractivity contribution is 9.10. The van der Waals surface area contributed by atoms with Gasteiger partial charge in [-0.1, -0.05) is 34.1 Å². The molecule has 1 aromatic heterocycles. The van der Waals surface area contributed by atoms with Gasteiger partial charge in [0.25, 0.3) is 5.91 Å². The second-order valence-corrected chi connectivity index (χ2v) is 6.74. The van der Waals surface area contributed by atoms with Crippen LogP contribution in [0.2, 0.25) is 0 Å². The maximum Gasteiger partial charge on any atom is 0.290 e. The Balaban J connectivity index is 1.70. The van der Waals surface area contributed by atoms with Crippen molar-refractivity contribution in [2.24, 2.45) is 0 Å². The number of nitrogens with one attached hydrogen (secondary N) is 1. The molecule has 2 unspecified atom stereocenters. The van der Waals surface area contributed by atoms with Gasteiger partial charge in [0.1, 0.15) is 6.04 Å². The molecule has 0 radical (unpaired) electrons. The zero-order chi connectivity index (χ0) is 17.1. The van der Waals surface area contributed by atoms with Crippen LogP contribution in [0.15, 0.2) is 51.6 Å². The molecule has 1 aliphatic heterocycles. The van der Waals surface area contributed by atoms with Gasteiger partial charge < -0.3 is 14.6 Å². The fourth-order valence-electron chi connectivity index (χ4n) is 3.04. The molecule has 1 aliphatic rings. The molecule has 0 bridgehead atoms. The predicted molar refractivity (Wildman–Crippen MR) is 93.5 cm³/mol.